The van der Waals surface area contributed by atoms with Crippen LogP contribution in [0.3, 0.4) is 0 Å². The molecule has 0 aliphatic rings. The monoisotopic (exact) mass is 246 g/mol. The summed E-state index contributed by atoms with van der Waals surface area (Å²) in [5, 5.41) is 9.14. The molecule has 94 valence electrons. The summed E-state index contributed by atoms with van der Waals surface area (Å²) in [6.45, 7) is 0.319. The Bertz CT molecular complexity index is 551. The minimum absolute atomic E-state index is 0.215. The van der Waals surface area contributed by atoms with Gasteiger partial charge in [-0.05, 0) is 12.1 Å². The number of aromatic nitrogens is 2. The van der Waals surface area contributed by atoms with Gasteiger partial charge in [0.05, 0.1) is 18.9 Å². The van der Waals surface area contributed by atoms with Gasteiger partial charge in [0.15, 0.2) is 0 Å². The summed E-state index contributed by atoms with van der Waals surface area (Å²) < 4.78 is 5.12. The van der Waals surface area contributed by atoms with E-state index in [9.17, 15) is 4.79 Å². The maximum absolute atomic E-state index is 12.0. The SMILES string of the molecule is COc1ccccc1C(=O)NCc1cn[nH]c1N. The number of benzene rings is 1. The number of carbonyl (C=O) groups is 1. The third-order valence-corrected chi connectivity index (χ3v) is 2.54. The summed E-state index contributed by atoms with van der Waals surface area (Å²) >= 11 is 0. The number of nitrogens with one attached hydrogen (secondary N) is 2. The van der Waals surface area contributed by atoms with Crippen molar-refractivity contribution in [2.45, 2.75) is 6.54 Å². The number of hydrogen-bond acceptors (Lipinski definition) is 4. The number of nitrogens with two attached hydrogens (primary N) is 1. The number of nitrogen functional groups attached to an aromatic ring is 1. The van der Waals surface area contributed by atoms with E-state index in [2.05, 4.69) is 15.5 Å². The molecule has 2 rings (SSSR count). The fourth-order valence-corrected chi connectivity index (χ4v) is 1.56. The van der Waals surface area contributed by atoms with Gasteiger partial charge in [-0.25, -0.2) is 0 Å². The van der Waals surface area contributed by atoms with E-state index in [0.29, 0.717) is 23.7 Å². The molecule has 0 atom stereocenters. The van der Waals surface area contributed by atoms with Crippen LogP contribution in [0.25, 0.3) is 0 Å². The summed E-state index contributed by atoms with van der Waals surface area (Å²) in [4.78, 5) is 12.0. The van der Waals surface area contributed by atoms with Crippen LogP contribution in [-0.4, -0.2) is 23.2 Å². The largest absolute Gasteiger partial charge is 0.496 e. The number of ether oxygens (including phenoxy) is 1. The Morgan fingerprint density at radius 3 is 2.94 bits per heavy atom. The molecule has 0 bridgehead atoms. The molecule has 0 fully saturated rings. The van der Waals surface area contributed by atoms with E-state index >= 15 is 0 Å². The van der Waals surface area contributed by atoms with Crippen LogP contribution in [0.5, 0.6) is 5.75 Å². The van der Waals surface area contributed by atoms with Crippen LogP contribution in [0.4, 0.5) is 5.82 Å². The summed E-state index contributed by atoms with van der Waals surface area (Å²) in [7, 11) is 1.53. The predicted octanol–water partition coefficient (Wildman–Crippen LogP) is 0.930. The molecule has 2 aromatic rings. The summed E-state index contributed by atoms with van der Waals surface area (Å²) in [5.74, 6) is 0.776. The van der Waals surface area contributed by atoms with Crippen molar-refractivity contribution in [2.24, 2.45) is 0 Å². The minimum Gasteiger partial charge on any atom is -0.496 e. The summed E-state index contributed by atoms with van der Waals surface area (Å²) in [5.41, 5.74) is 6.86. The van der Waals surface area contributed by atoms with Crippen LogP contribution in [0.15, 0.2) is 30.5 Å². The standard InChI is InChI=1S/C12H14N4O2/c1-18-10-5-3-2-4-9(10)12(17)14-6-8-7-15-16-11(8)13/h2-5,7H,6H2,1H3,(H,14,17)(H3,13,15,16). The quantitative estimate of drug-likeness (QED) is 0.748. The molecule has 18 heavy (non-hydrogen) atoms. The lowest BCUT2D eigenvalue weighted by atomic mass is 10.2. The Hall–Kier alpha value is -2.50. The van der Waals surface area contributed by atoms with Crippen LogP contribution < -0.4 is 15.8 Å². The number of aromatic amines is 1. The number of carbonyl (C=O) groups excluding carboxylic acids is 1. The van der Waals surface area contributed by atoms with Gasteiger partial charge in [-0.1, -0.05) is 12.1 Å². The van der Waals surface area contributed by atoms with Crippen molar-refractivity contribution in [2.75, 3.05) is 12.8 Å². The Labute approximate surface area is 104 Å². The highest BCUT2D eigenvalue weighted by Gasteiger charge is 2.11. The Kier molecular flexibility index (Phi) is 3.47. The highest BCUT2D eigenvalue weighted by atomic mass is 16.5. The number of methoxy groups -OCH3 is 1. The van der Waals surface area contributed by atoms with Crippen LogP contribution in [0.2, 0.25) is 0 Å². The second-order valence-corrected chi connectivity index (χ2v) is 3.69. The maximum atomic E-state index is 12.0. The number of nitrogens with zero attached hydrogens (tertiary/aromatic N) is 1. The number of H-pyrrole nitrogens is 1. The lowest BCUT2D eigenvalue weighted by Crippen LogP contribution is -2.23. The molecule has 0 aliphatic carbocycles. The topological polar surface area (TPSA) is 93.0 Å². The molecular formula is C12H14N4O2. The lowest BCUT2D eigenvalue weighted by molar-refractivity contribution is 0.0948. The van der Waals surface area contributed by atoms with Crippen molar-refractivity contribution in [3.63, 3.8) is 0 Å². The normalized spacial score (nSPS) is 10.1. The van der Waals surface area contributed by atoms with Gasteiger partial charge in [0, 0.05) is 12.1 Å². The molecule has 6 nitrogen and oxygen atoms in total. The van der Waals surface area contributed by atoms with Crippen LogP contribution in [-0.2, 0) is 6.54 Å². The van der Waals surface area contributed by atoms with E-state index in [1.165, 1.54) is 7.11 Å². The second kappa shape index (κ2) is 5.22. The van der Waals surface area contributed by atoms with Gasteiger partial charge < -0.3 is 15.8 Å². The number of rotatable bonds is 4. The van der Waals surface area contributed by atoms with E-state index in [-0.39, 0.29) is 5.91 Å². The second-order valence-electron chi connectivity index (χ2n) is 3.69. The molecule has 6 heteroatoms. The smallest absolute Gasteiger partial charge is 0.255 e. The molecule has 1 amide bonds. The number of anilines is 1. The zero-order chi connectivity index (χ0) is 13.0. The molecule has 0 saturated heterocycles. The van der Waals surface area contributed by atoms with E-state index in [1.807, 2.05) is 6.07 Å². The zero-order valence-electron chi connectivity index (χ0n) is 9.93. The van der Waals surface area contributed by atoms with Gasteiger partial charge in [0.1, 0.15) is 11.6 Å². The number of hydrogen-bond donors (Lipinski definition) is 3. The molecular weight excluding hydrogens is 232 g/mol. The highest BCUT2D eigenvalue weighted by molar-refractivity contribution is 5.96. The molecule has 1 heterocycles. The highest BCUT2D eigenvalue weighted by Crippen LogP contribution is 2.17. The van der Waals surface area contributed by atoms with E-state index < -0.39 is 0 Å². The van der Waals surface area contributed by atoms with Crippen LogP contribution >= 0.6 is 0 Å². The van der Waals surface area contributed by atoms with Crippen LogP contribution in [0.1, 0.15) is 15.9 Å². The van der Waals surface area contributed by atoms with Crippen molar-refractivity contribution < 1.29 is 9.53 Å². The molecule has 0 aliphatic heterocycles. The van der Waals surface area contributed by atoms with Gasteiger partial charge in [-0.3, -0.25) is 9.89 Å². The molecule has 1 aromatic heterocycles. The van der Waals surface area contributed by atoms with Crippen molar-refractivity contribution in [1.82, 2.24) is 15.5 Å². The summed E-state index contributed by atoms with van der Waals surface area (Å²) in [6.07, 6.45) is 1.58. The number of amides is 1. The fourth-order valence-electron chi connectivity index (χ4n) is 1.56. The third kappa shape index (κ3) is 2.42. The van der Waals surface area contributed by atoms with Crippen molar-refractivity contribution >= 4 is 11.7 Å². The Morgan fingerprint density at radius 1 is 1.50 bits per heavy atom. The average Bonchev–Trinajstić information content (AvgIpc) is 2.81. The van der Waals surface area contributed by atoms with E-state index in [0.717, 1.165) is 5.56 Å². The number of para-hydroxylation sites is 1. The maximum Gasteiger partial charge on any atom is 0.255 e. The van der Waals surface area contributed by atoms with Gasteiger partial charge in [0.25, 0.3) is 5.91 Å². The first-order chi connectivity index (χ1) is 8.72. The first kappa shape index (κ1) is 12.0. The Morgan fingerprint density at radius 2 is 2.28 bits per heavy atom. The summed E-state index contributed by atoms with van der Waals surface area (Å²) in [6, 6.07) is 7.03. The lowest BCUT2D eigenvalue weighted by Gasteiger charge is -2.08. The molecule has 0 saturated carbocycles. The van der Waals surface area contributed by atoms with Gasteiger partial charge in [0.2, 0.25) is 0 Å². The predicted molar refractivity (Wildman–Crippen MR) is 67.2 cm³/mol. The molecule has 0 spiro atoms. The van der Waals surface area contributed by atoms with E-state index in [4.69, 9.17) is 10.5 Å². The third-order valence-electron chi connectivity index (χ3n) is 2.54. The molecule has 0 unspecified atom stereocenters. The first-order valence-corrected chi connectivity index (χ1v) is 5.41. The fraction of sp³-hybridized carbons (Fsp3) is 0.167. The molecule has 4 N–H and O–H groups in total. The minimum atomic E-state index is -0.215. The van der Waals surface area contributed by atoms with Crippen LogP contribution in [0, 0.1) is 0 Å². The van der Waals surface area contributed by atoms with Gasteiger partial charge in [-0.2, -0.15) is 5.10 Å². The van der Waals surface area contributed by atoms with Crippen molar-refractivity contribution in [3.8, 4) is 5.75 Å². The molecule has 0 radical (unpaired) electrons. The Balaban J connectivity index is 2.06. The van der Waals surface area contributed by atoms with Crippen molar-refractivity contribution in [3.05, 3.63) is 41.6 Å². The zero-order valence-corrected chi connectivity index (χ0v) is 9.93. The van der Waals surface area contributed by atoms with Gasteiger partial charge >= 0.3 is 0 Å². The molecule has 1 aromatic carbocycles. The van der Waals surface area contributed by atoms with Gasteiger partial charge in [-0.15, -0.1) is 0 Å². The first-order valence-electron chi connectivity index (χ1n) is 5.41. The van der Waals surface area contributed by atoms with E-state index in [1.54, 1.807) is 24.4 Å². The average molecular weight is 246 g/mol. The van der Waals surface area contributed by atoms with Crippen molar-refractivity contribution in [1.29, 1.82) is 0 Å².